The van der Waals surface area contributed by atoms with Crippen LogP contribution in [0.25, 0.3) is 11.0 Å². The Bertz CT molecular complexity index is 1280. The van der Waals surface area contributed by atoms with Gasteiger partial charge in [0.2, 0.25) is 0 Å². The number of aromatic nitrogens is 3. The van der Waals surface area contributed by atoms with Crippen molar-refractivity contribution in [1.29, 1.82) is 0 Å². The van der Waals surface area contributed by atoms with Gasteiger partial charge in [-0.3, -0.25) is 29.6 Å². The summed E-state index contributed by atoms with van der Waals surface area (Å²) < 4.78 is 1.43. The number of carbonyl (C=O) groups excluding carboxylic acids is 1. The summed E-state index contributed by atoms with van der Waals surface area (Å²) in [6, 6.07) is 14.3. The highest BCUT2D eigenvalue weighted by Gasteiger charge is 2.19. The molecule has 0 saturated carbocycles. The third-order valence-electron chi connectivity index (χ3n) is 4.17. The fourth-order valence-corrected chi connectivity index (χ4v) is 3.48. The molecule has 0 aliphatic carbocycles. The van der Waals surface area contributed by atoms with Crippen LogP contribution in [-0.4, -0.2) is 25.4 Å². The zero-order chi connectivity index (χ0) is 20.4. The molecule has 3 aromatic heterocycles. The van der Waals surface area contributed by atoms with Crippen LogP contribution >= 0.6 is 11.3 Å². The van der Waals surface area contributed by atoms with Crippen molar-refractivity contribution in [3.8, 4) is 0 Å². The second kappa shape index (κ2) is 7.60. The van der Waals surface area contributed by atoms with Crippen LogP contribution < -0.4 is 10.9 Å². The highest BCUT2D eigenvalue weighted by Crippen LogP contribution is 2.25. The van der Waals surface area contributed by atoms with Gasteiger partial charge in [0.25, 0.3) is 11.5 Å². The van der Waals surface area contributed by atoms with Crippen molar-refractivity contribution in [2.24, 2.45) is 0 Å². The lowest BCUT2D eigenvalue weighted by molar-refractivity contribution is -0.380. The van der Waals surface area contributed by atoms with Gasteiger partial charge in [-0.05, 0) is 35.1 Å². The smallest absolute Gasteiger partial charge is 0.297 e. The molecular formula is C19H13N5O4S. The van der Waals surface area contributed by atoms with Crippen molar-refractivity contribution in [2.75, 3.05) is 5.32 Å². The zero-order valence-electron chi connectivity index (χ0n) is 14.8. The predicted octanol–water partition coefficient (Wildman–Crippen LogP) is 3.06. The van der Waals surface area contributed by atoms with Gasteiger partial charge in [0, 0.05) is 11.6 Å². The number of hydrogen-bond donors (Lipinski definition) is 1. The number of thiazole rings is 1. The molecule has 0 saturated heterocycles. The van der Waals surface area contributed by atoms with Gasteiger partial charge in [0.15, 0.2) is 5.13 Å². The monoisotopic (exact) mass is 407 g/mol. The van der Waals surface area contributed by atoms with Gasteiger partial charge < -0.3 is 0 Å². The first-order valence-corrected chi connectivity index (χ1v) is 9.28. The average molecular weight is 407 g/mol. The topological polar surface area (TPSA) is 120 Å². The summed E-state index contributed by atoms with van der Waals surface area (Å²) in [6.45, 7) is 0.247. The molecular weight excluding hydrogens is 394 g/mol. The van der Waals surface area contributed by atoms with E-state index in [1.54, 1.807) is 18.3 Å². The van der Waals surface area contributed by atoms with Crippen LogP contribution in [0.3, 0.4) is 0 Å². The van der Waals surface area contributed by atoms with Crippen molar-refractivity contribution in [2.45, 2.75) is 6.54 Å². The number of anilines is 1. The van der Waals surface area contributed by atoms with Crippen molar-refractivity contribution in [1.82, 2.24) is 14.5 Å². The van der Waals surface area contributed by atoms with Gasteiger partial charge in [-0.2, -0.15) is 0 Å². The predicted molar refractivity (Wildman–Crippen MR) is 108 cm³/mol. The molecule has 29 heavy (non-hydrogen) atoms. The van der Waals surface area contributed by atoms with Crippen LogP contribution in [0, 0.1) is 10.1 Å². The summed E-state index contributed by atoms with van der Waals surface area (Å²) in [7, 11) is 0. The Hall–Kier alpha value is -3.92. The van der Waals surface area contributed by atoms with Crippen molar-refractivity contribution in [3.05, 3.63) is 92.5 Å². The Kier molecular flexibility index (Phi) is 4.83. The third kappa shape index (κ3) is 3.73. The molecule has 0 atom stereocenters. The molecule has 0 radical (unpaired) electrons. The Morgan fingerprint density at radius 3 is 2.69 bits per heavy atom. The van der Waals surface area contributed by atoms with E-state index in [1.807, 2.05) is 30.3 Å². The zero-order valence-corrected chi connectivity index (χ0v) is 15.6. The Balaban J connectivity index is 1.76. The minimum Gasteiger partial charge on any atom is -0.297 e. The number of nitrogens with one attached hydrogen (secondary N) is 1. The highest BCUT2D eigenvalue weighted by molar-refractivity contribution is 7.18. The second-order valence-electron chi connectivity index (χ2n) is 6.07. The van der Waals surface area contributed by atoms with Crippen LogP contribution in [0.1, 0.15) is 15.9 Å². The molecule has 4 aromatic rings. The van der Waals surface area contributed by atoms with Crippen LogP contribution in [0.2, 0.25) is 0 Å². The van der Waals surface area contributed by atoms with E-state index in [0.29, 0.717) is 22.4 Å². The number of nitro groups is 1. The highest BCUT2D eigenvalue weighted by atomic mass is 32.1. The summed E-state index contributed by atoms with van der Waals surface area (Å²) in [5, 5.41) is 13.7. The molecule has 0 unspecified atom stereocenters. The fourth-order valence-electron chi connectivity index (χ4n) is 2.85. The van der Waals surface area contributed by atoms with E-state index in [9.17, 15) is 19.7 Å². The number of benzene rings is 1. The lowest BCUT2D eigenvalue weighted by Crippen LogP contribution is -2.30. The quantitative estimate of drug-likeness (QED) is 0.401. The number of nitrogens with zero attached hydrogens (tertiary/aromatic N) is 4. The molecule has 144 valence electrons. The largest absolute Gasteiger partial charge is 0.345 e. The first-order chi connectivity index (χ1) is 14.0. The van der Waals surface area contributed by atoms with Crippen molar-refractivity contribution >= 4 is 38.4 Å². The van der Waals surface area contributed by atoms with E-state index in [2.05, 4.69) is 15.3 Å². The maximum Gasteiger partial charge on any atom is 0.345 e. The van der Waals surface area contributed by atoms with Gasteiger partial charge in [-0.25, -0.2) is 9.97 Å². The number of amides is 1. The molecule has 1 N–H and O–H groups in total. The van der Waals surface area contributed by atoms with E-state index in [1.165, 1.54) is 10.6 Å². The lowest BCUT2D eigenvalue weighted by Gasteiger charge is -2.12. The van der Waals surface area contributed by atoms with E-state index >= 15 is 0 Å². The number of hydrogen-bond acceptors (Lipinski definition) is 7. The number of rotatable bonds is 5. The maximum atomic E-state index is 13.1. The van der Waals surface area contributed by atoms with Gasteiger partial charge in [-0.1, -0.05) is 30.3 Å². The summed E-state index contributed by atoms with van der Waals surface area (Å²) in [6.07, 6.45) is 2.63. The molecule has 1 amide bonds. The molecule has 4 rings (SSSR count). The average Bonchev–Trinajstić information content (AvgIpc) is 3.19. The molecule has 0 bridgehead atoms. The maximum absolute atomic E-state index is 13.1. The second-order valence-corrected chi connectivity index (χ2v) is 7.08. The molecule has 10 heteroatoms. The van der Waals surface area contributed by atoms with Gasteiger partial charge >= 0.3 is 5.00 Å². The fraction of sp³-hybridized carbons (Fsp3) is 0.0526. The molecule has 3 heterocycles. The van der Waals surface area contributed by atoms with Gasteiger partial charge in [-0.15, -0.1) is 0 Å². The number of carbonyl (C=O) groups is 1. The molecule has 0 spiro atoms. The van der Waals surface area contributed by atoms with Gasteiger partial charge in [0.1, 0.15) is 17.4 Å². The molecule has 0 fully saturated rings. The summed E-state index contributed by atoms with van der Waals surface area (Å²) in [5.41, 5.74) is 0.736. The molecule has 0 aliphatic heterocycles. The van der Waals surface area contributed by atoms with E-state index in [0.717, 1.165) is 11.8 Å². The Morgan fingerprint density at radius 2 is 1.97 bits per heavy atom. The first kappa shape index (κ1) is 18.4. The molecule has 9 nitrogen and oxygen atoms in total. The minimum absolute atomic E-state index is 0.0435. The minimum atomic E-state index is -0.688. The lowest BCUT2D eigenvalue weighted by atomic mass is 10.1. The van der Waals surface area contributed by atoms with Crippen LogP contribution in [0.5, 0.6) is 0 Å². The summed E-state index contributed by atoms with van der Waals surface area (Å²) >= 11 is 0.717. The Morgan fingerprint density at radius 1 is 1.17 bits per heavy atom. The summed E-state index contributed by atoms with van der Waals surface area (Å²) in [4.78, 5) is 44.1. The molecule has 1 aromatic carbocycles. The van der Waals surface area contributed by atoms with E-state index < -0.39 is 16.4 Å². The van der Waals surface area contributed by atoms with Crippen LogP contribution in [0.15, 0.2) is 65.7 Å². The normalized spacial score (nSPS) is 10.8. The standard InChI is InChI=1S/C19H13N5O4S/c25-17(22-19-21-10-15(29-19)24(27)28)14-9-13-7-4-8-20-16(13)23(18(14)26)11-12-5-2-1-3-6-12/h1-10H,11H2,(H,21,22,25). The van der Waals surface area contributed by atoms with Crippen molar-refractivity contribution in [3.63, 3.8) is 0 Å². The number of pyridine rings is 2. The van der Waals surface area contributed by atoms with E-state index in [-0.39, 0.29) is 22.2 Å². The molecule has 0 aliphatic rings. The van der Waals surface area contributed by atoms with Crippen LogP contribution in [-0.2, 0) is 6.54 Å². The number of fused-ring (bicyclic) bond motifs is 1. The Labute approximate surface area is 167 Å². The summed E-state index contributed by atoms with van der Waals surface area (Å²) in [5.74, 6) is -0.688. The van der Waals surface area contributed by atoms with E-state index in [4.69, 9.17) is 0 Å². The SMILES string of the molecule is O=C(Nc1ncc([N+](=O)[O-])s1)c1cc2cccnc2n(Cc2ccccc2)c1=O. The first-order valence-electron chi connectivity index (χ1n) is 8.47. The van der Waals surface area contributed by atoms with Gasteiger partial charge in [0.05, 0.1) is 11.5 Å². The van der Waals surface area contributed by atoms with Crippen LogP contribution in [0.4, 0.5) is 10.1 Å². The third-order valence-corrected chi connectivity index (χ3v) is 5.03. The van der Waals surface area contributed by atoms with Crippen molar-refractivity contribution < 1.29 is 9.72 Å².